The van der Waals surface area contributed by atoms with Gasteiger partial charge in [-0.3, -0.25) is 0 Å². The summed E-state index contributed by atoms with van der Waals surface area (Å²) < 4.78 is 4.45. The van der Waals surface area contributed by atoms with Crippen LogP contribution in [0.3, 0.4) is 0 Å². The first-order chi connectivity index (χ1) is 4.77. The van der Waals surface area contributed by atoms with Crippen LogP contribution >= 0.6 is 0 Å². The third-order valence-corrected chi connectivity index (χ3v) is 0.954. The monoisotopic (exact) mass is 144 g/mol. The minimum Gasteiger partial charge on any atom is -0.402 e. The van der Waals surface area contributed by atoms with Gasteiger partial charge in [0.05, 0.1) is 0 Å². The van der Waals surface area contributed by atoms with Crippen LogP contribution in [0.2, 0.25) is 0 Å². The van der Waals surface area contributed by atoms with E-state index in [2.05, 4.69) is 4.65 Å². The summed E-state index contributed by atoms with van der Waals surface area (Å²) in [6, 6.07) is 0. The van der Waals surface area contributed by atoms with Crippen LogP contribution < -0.4 is 0 Å². The van der Waals surface area contributed by atoms with Crippen LogP contribution in [0.4, 0.5) is 0 Å². The van der Waals surface area contributed by atoms with E-state index in [0.717, 1.165) is 12.8 Å². The maximum atomic E-state index is 8.22. The molecule has 58 valence electrons. The van der Waals surface area contributed by atoms with E-state index in [1.165, 1.54) is 0 Å². The fourth-order valence-corrected chi connectivity index (χ4v) is 0.526. The van der Waals surface area contributed by atoms with E-state index in [1.807, 2.05) is 19.1 Å². The Balaban J connectivity index is 2.97. The fourth-order valence-electron chi connectivity index (χ4n) is 0.526. The maximum absolute atomic E-state index is 8.22. The van der Waals surface area contributed by atoms with Gasteiger partial charge in [0.2, 0.25) is 0 Å². The summed E-state index contributed by atoms with van der Waals surface area (Å²) in [5.74, 6) is 0. The lowest BCUT2D eigenvalue weighted by molar-refractivity contribution is 0.189. The second kappa shape index (κ2) is 6.80. The van der Waals surface area contributed by atoms with Crippen LogP contribution in [0.15, 0.2) is 12.2 Å². The Kier molecular flexibility index (Phi) is 6.59. The van der Waals surface area contributed by atoms with Gasteiger partial charge in [-0.15, -0.1) is 0 Å². The van der Waals surface area contributed by atoms with Gasteiger partial charge in [-0.05, 0) is 12.8 Å². The third kappa shape index (κ3) is 7.68. The second-order valence-corrected chi connectivity index (χ2v) is 1.87. The molecule has 2 N–H and O–H groups in total. The Labute approximate surface area is 61.5 Å². The maximum Gasteiger partial charge on any atom is 0.633 e. The second-order valence-electron chi connectivity index (χ2n) is 1.87. The Morgan fingerprint density at radius 1 is 1.40 bits per heavy atom. The van der Waals surface area contributed by atoms with E-state index < -0.39 is 7.32 Å². The molecule has 0 rings (SSSR count). The standard InChI is InChI=1S/C6H13BO3/c1-2-3-4-5-6-10-7(8)9/h3-4,8-9H,2,5-6H2,1H3/b4-3-. The molecule has 0 spiro atoms. The molecule has 0 radical (unpaired) electrons. The lowest BCUT2D eigenvalue weighted by atomic mass is 10.2. The first kappa shape index (κ1) is 9.68. The molecule has 0 aromatic heterocycles. The average Bonchev–Trinajstić information content (AvgIpc) is 1.87. The van der Waals surface area contributed by atoms with Crippen molar-refractivity contribution in [3.05, 3.63) is 12.2 Å². The Bertz CT molecular complexity index is 93.0. The van der Waals surface area contributed by atoms with Crippen LogP contribution in [0.25, 0.3) is 0 Å². The third-order valence-electron chi connectivity index (χ3n) is 0.954. The van der Waals surface area contributed by atoms with Gasteiger partial charge < -0.3 is 14.7 Å². The highest BCUT2D eigenvalue weighted by Crippen LogP contribution is 1.87. The summed E-state index contributed by atoms with van der Waals surface area (Å²) in [6.45, 7) is 2.40. The Morgan fingerprint density at radius 2 is 2.10 bits per heavy atom. The topological polar surface area (TPSA) is 49.7 Å². The normalized spacial score (nSPS) is 10.7. The zero-order valence-corrected chi connectivity index (χ0v) is 6.16. The highest BCUT2D eigenvalue weighted by Gasteiger charge is 2.05. The molecule has 10 heavy (non-hydrogen) atoms. The molecule has 0 saturated heterocycles. The predicted octanol–water partition coefficient (Wildman–Crippen LogP) is 0.329. The molecule has 0 aliphatic carbocycles. The smallest absolute Gasteiger partial charge is 0.402 e. The molecule has 0 aromatic carbocycles. The number of hydrogen-bond acceptors (Lipinski definition) is 3. The van der Waals surface area contributed by atoms with Crippen molar-refractivity contribution in [3.8, 4) is 0 Å². The predicted molar refractivity (Wildman–Crippen MR) is 40.2 cm³/mol. The van der Waals surface area contributed by atoms with E-state index >= 15 is 0 Å². The molecule has 0 heterocycles. The molecule has 3 nitrogen and oxygen atoms in total. The molecule has 0 bridgehead atoms. The van der Waals surface area contributed by atoms with Crippen molar-refractivity contribution in [2.45, 2.75) is 19.8 Å². The van der Waals surface area contributed by atoms with Crippen molar-refractivity contribution in [3.63, 3.8) is 0 Å². The van der Waals surface area contributed by atoms with Crippen LogP contribution in [-0.4, -0.2) is 24.0 Å². The quantitative estimate of drug-likeness (QED) is 0.332. The van der Waals surface area contributed by atoms with Crippen LogP contribution in [0, 0.1) is 0 Å². The summed E-state index contributed by atoms with van der Waals surface area (Å²) in [5, 5.41) is 16.4. The lowest BCUT2D eigenvalue weighted by Gasteiger charge is -1.97. The minimum absolute atomic E-state index is 0.355. The molecule has 0 aliphatic rings. The molecule has 0 unspecified atom stereocenters. The molecule has 0 aliphatic heterocycles. The molecule has 0 saturated carbocycles. The average molecular weight is 144 g/mol. The molecule has 4 heteroatoms. The Morgan fingerprint density at radius 3 is 2.60 bits per heavy atom. The van der Waals surface area contributed by atoms with Crippen molar-refractivity contribution in [1.82, 2.24) is 0 Å². The van der Waals surface area contributed by atoms with Crippen molar-refractivity contribution in [2.75, 3.05) is 6.61 Å². The molecule has 0 aromatic rings. The van der Waals surface area contributed by atoms with Gasteiger partial charge in [0.15, 0.2) is 0 Å². The van der Waals surface area contributed by atoms with Gasteiger partial charge in [-0.25, -0.2) is 0 Å². The molecular formula is C6H13BO3. The van der Waals surface area contributed by atoms with Crippen molar-refractivity contribution in [2.24, 2.45) is 0 Å². The summed E-state index contributed by atoms with van der Waals surface area (Å²) in [7, 11) is -1.63. The van der Waals surface area contributed by atoms with Crippen LogP contribution in [0.5, 0.6) is 0 Å². The van der Waals surface area contributed by atoms with Gasteiger partial charge in [-0.1, -0.05) is 19.1 Å². The minimum atomic E-state index is -1.63. The largest absolute Gasteiger partial charge is 0.633 e. The van der Waals surface area contributed by atoms with Crippen molar-refractivity contribution < 1.29 is 14.7 Å². The number of hydrogen-bond donors (Lipinski definition) is 2. The summed E-state index contributed by atoms with van der Waals surface area (Å²) in [4.78, 5) is 0. The summed E-state index contributed by atoms with van der Waals surface area (Å²) in [6.07, 6.45) is 5.68. The summed E-state index contributed by atoms with van der Waals surface area (Å²) >= 11 is 0. The van der Waals surface area contributed by atoms with E-state index in [4.69, 9.17) is 10.0 Å². The van der Waals surface area contributed by atoms with Gasteiger partial charge >= 0.3 is 7.32 Å². The SMILES string of the molecule is CC/C=C\CCOB(O)O. The van der Waals surface area contributed by atoms with Crippen LogP contribution in [0.1, 0.15) is 19.8 Å². The summed E-state index contributed by atoms with van der Waals surface area (Å²) in [5.41, 5.74) is 0. The molecule has 0 fully saturated rings. The van der Waals surface area contributed by atoms with E-state index in [0.29, 0.717) is 6.61 Å². The molecule has 0 atom stereocenters. The van der Waals surface area contributed by atoms with Crippen LogP contribution in [-0.2, 0) is 4.65 Å². The zero-order chi connectivity index (χ0) is 7.82. The van der Waals surface area contributed by atoms with E-state index in [1.54, 1.807) is 0 Å². The molecular weight excluding hydrogens is 131 g/mol. The Hall–Kier alpha value is -0.315. The van der Waals surface area contributed by atoms with Crippen molar-refractivity contribution in [1.29, 1.82) is 0 Å². The van der Waals surface area contributed by atoms with Gasteiger partial charge in [0.25, 0.3) is 0 Å². The molecule has 0 amide bonds. The lowest BCUT2D eigenvalue weighted by Crippen LogP contribution is -2.16. The highest BCUT2D eigenvalue weighted by atomic mass is 16.6. The van der Waals surface area contributed by atoms with Gasteiger partial charge in [-0.2, -0.15) is 0 Å². The van der Waals surface area contributed by atoms with E-state index in [9.17, 15) is 0 Å². The number of rotatable bonds is 5. The number of allylic oxidation sites excluding steroid dienone is 1. The first-order valence-electron chi connectivity index (χ1n) is 3.40. The van der Waals surface area contributed by atoms with Gasteiger partial charge in [0.1, 0.15) is 0 Å². The highest BCUT2D eigenvalue weighted by molar-refractivity contribution is 6.32. The first-order valence-corrected chi connectivity index (χ1v) is 3.40. The zero-order valence-electron chi connectivity index (χ0n) is 6.16. The van der Waals surface area contributed by atoms with Gasteiger partial charge in [0, 0.05) is 6.61 Å². The fraction of sp³-hybridized carbons (Fsp3) is 0.667. The van der Waals surface area contributed by atoms with Crippen molar-refractivity contribution >= 4 is 7.32 Å². The van der Waals surface area contributed by atoms with E-state index in [-0.39, 0.29) is 0 Å².